The van der Waals surface area contributed by atoms with Gasteiger partial charge in [0.15, 0.2) is 11.5 Å². The van der Waals surface area contributed by atoms with E-state index >= 15 is 0 Å². The molecule has 0 spiro atoms. The average molecular weight is 346 g/mol. The quantitative estimate of drug-likeness (QED) is 0.660. The van der Waals surface area contributed by atoms with Gasteiger partial charge >= 0.3 is 0 Å². The third-order valence-electron chi connectivity index (χ3n) is 2.63. The standard InChI is InChI=1S/C15H24BrNO3/c1-4-18-7-6-8-20-15-13(16)9-12(11-17-3)10-14(15)19-5-2/h9-10,17H,4-8,11H2,1-3H3. The Morgan fingerprint density at radius 1 is 1.10 bits per heavy atom. The largest absolute Gasteiger partial charge is 0.490 e. The molecule has 20 heavy (non-hydrogen) atoms. The lowest BCUT2D eigenvalue weighted by molar-refractivity contribution is 0.130. The Balaban J connectivity index is 2.71. The van der Waals surface area contributed by atoms with Gasteiger partial charge in [0.2, 0.25) is 0 Å². The molecule has 0 saturated heterocycles. The van der Waals surface area contributed by atoms with E-state index in [0.717, 1.165) is 47.7 Å². The zero-order valence-corrected chi connectivity index (χ0v) is 14.1. The van der Waals surface area contributed by atoms with E-state index in [0.29, 0.717) is 13.2 Å². The van der Waals surface area contributed by atoms with Crippen LogP contribution in [0.15, 0.2) is 16.6 Å². The van der Waals surface area contributed by atoms with Crippen molar-refractivity contribution in [2.75, 3.05) is 33.5 Å². The molecule has 0 radical (unpaired) electrons. The summed E-state index contributed by atoms with van der Waals surface area (Å²) >= 11 is 3.56. The molecule has 1 N–H and O–H groups in total. The number of benzene rings is 1. The average Bonchev–Trinajstić information content (AvgIpc) is 2.42. The minimum absolute atomic E-state index is 0.615. The van der Waals surface area contributed by atoms with Crippen LogP contribution < -0.4 is 14.8 Å². The molecular weight excluding hydrogens is 322 g/mol. The van der Waals surface area contributed by atoms with Crippen molar-refractivity contribution < 1.29 is 14.2 Å². The maximum atomic E-state index is 5.83. The van der Waals surface area contributed by atoms with Crippen molar-refractivity contribution in [2.45, 2.75) is 26.8 Å². The van der Waals surface area contributed by atoms with E-state index in [1.165, 1.54) is 0 Å². The molecule has 0 heterocycles. The number of rotatable bonds is 10. The van der Waals surface area contributed by atoms with Gasteiger partial charge in [0.25, 0.3) is 0 Å². The summed E-state index contributed by atoms with van der Waals surface area (Å²) in [5, 5.41) is 3.13. The molecule has 5 heteroatoms. The van der Waals surface area contributed by atoms with E-state index in [2.05, 4.69) is 27.3 Å². The van der Waals surface area contributed by atoms with Crippen molar-refractivity contribution in [2.24, 2.45) is 0 Å². The van der Waals surface area contributed by atoms with Crippen molar-refractivity contribution in [3.8, 4) is 11.5 Å². The Labute approximate surface area is 129 Å². The van der Waals surface area contributed by atoms with E-state index in [1.54, 1.807) is 0 Å². The topological polar surface area (TPSA) is 39.7 Å². The molecule has 1 aromatic carbocycles. The molecule has 0 aliphatic rings. The van der Waals surface area contributed by atoms with Crippen LogP contribution in [0.3, 0.4) is 0 Å². The lowest BCUT2D eigenvalue weighted by Gasteiger charge is -2.15. The highest BCUT2D eigenvalue weighted by Crippen LogP contribution is 2.37. The lowest BCUT2D eigenvalue weighted by atomic mass is 10.2. The monoisotopic (exact) mass is 345 g/mol. The van der Waals surface area contributed by atoms with Crippen molar-refractivity contribution >= 4 is 15.9 Å². The van der Waals surface area contributed by atoms with Gasteiger partial charge in [0, 0.05) is 26.2 Å². The molecule has 0 bridgehead atoms. The second-order valence-electron chi connectivity index (χ2n) is 4.27. The summed E-state index contributed by atoms with van der Waals surface area (Å²) in [6.07, 6.45) is 0.865. The van der Waals surface area contributed by atoms with Gasteiger partial charge in [-0.3, -0.25) is 0 Å². The molecule has 4 nitrogen and oxygen atoms in total. The lowest BCUT2D eigenvalue weighted by Crippen LogP contribution is -2.08. The van der Waals surface area contributed by atoms with Crippen LogP contribution in [-0.4, -0.2) is 33.5 Å². The Morgan fingerprint density at radius 2 is 1.90 bits per heavy atom. The zero-order valence-electron chi connectivity index (χ0n) is 12.5. The fourth-order valence-corrected chi connectivity index (χ4v) is 2.41. The van der Waals surface area contributed by atoms with Gasteiger partial charge in [-0.25, -0.2) is 0 Å². The van der Waals surface area contributed by atoms with Crippen LogP contribution in [0.1, 0.15) is 25.8 Å². The maximum Gasteiger partial charge on any atom is 0.175 e. The first-order valence-corrected chi connectivity index (χ1v) is 7.82. The molecule has 1 rings (SSSR count). The molecule has 0 unspecified atom stereocenters. The number of halogens is 1. The molecule has 1 aromatic rings. The maximum absolute atomic E-state index is 5.83. The van der Waals surface area contributed by atoms with E-state index in [1.807, 2.05) is 27.0 Å². The molecule has 0 aromatic heterocycles. The Morgan fingerprint density at radius 3 is 2.55 bits per heavy atom. The minimum Gasteiger partial charge on any atom is -0.490 e. The van der Waals surface area contributed by atoms with Crippen molar-refractivity contribution in [3.05, 3.63) is 22.2 Å². The molecule has 0 aliphatic heterocycles. The zero-order chi connectivity index (χ0) is 14.8. The van der Waals surface area contributed by atoms with Crippen molar-refractivity contribution in [1.82, 2.24) is 5.32 Å². The van der Waals surface area contributed by atoms with Gasteiger partial charge in [0.05, 0.1) is 17.7 Å². The Kier molecular flexibility index (Phi) is 8.65. The molecule has 0 saturated carbocycles. The first kappa shape index (κ1) is 17.3. The third kappa shape index (κ3) is 5.69. The van der Waals surface area contributed by atoms with Gasteiger partial charge in [-0.05, 0) is 54.5 Å². The SMILES string of the molecule is CCOCCCOc1c(Br)cc(CNC)cc1OCC. The number of nitrogens with one attached hydrogen (secondary N) is 1. The molecule has 0 aliphatic carbocycles. The Bertz CT molecular complexity index is 399. The number of hydrogen-bond acceptors (Lipinski definition) is 4. The van der Waals surface area contributed by atoms with Crippen LogP contribution >= 0.6 is 15.9 Å². The van der Waals surface area contributed by atoms with Crippen LogP contribution in [0.2, 0.25) is 0 Å². The Hall–Kier alpha value is -0.780. The summed E-state index contributed by atoms with van der Waals surface area (Å²) in [5.74, 6) is 1.55. The van der Waals surface area contributed by atoms with Gasteiger partial charge in [-0.15, -0.1) is 0 Å². The first-order valence-electron chi connectivity index (χ1n) is 7.03. The van der Waals surface area contributed by atoms with Crippen LogP contribution in [0.4, 0.5) is 0 Å². The molecular formula is C15H24BrNO3. The first-order chi connectivity index (χ1) is 9.72. The van der Waals surface area contributed by atoms with Gasteiger partial charge in [-0.2, -0.15) is 0 Å². The second-order valence-corrected chi connectivity index (χ2v) is 5.12. The molecule has 0 fully saturated rings. The van der Waals surface area contributed by atoms with Crippen molar-refractivity contribution in [1.29, 1.82) is 0 Å². The van der Waals surface area contributed by atoms with Gasteiger partial charge in [0.1, 0.15) is 0 Å². The molecule has 0 atom stereocenters. The van der Waals surface area contributed by atoms with E-state index in [-0.39, 0.29) is 0 Å². The predicted molar refractivity (Wildman–Crippen MR) is 84.7 cm³/mol. The van der Waals surface area contributed by atoms with Crippen LogP contribution in [0.25, 0.3) is 0 Å². The fourth-order valence-electron chi connectivity index (χ4n) is 1.81. The van der Waals surface area contributed by atoms with Crippen LogP contribution in [0.5, 0.6) is 11.5 Å². The van der Waals surface area contributed by atoms with E-state index < -0.39 is 0 Å². The molecule has 0 amide bonds. The highest BCUT2D eigenvalue weighted by Gasteiger charge is 2.12. The summed E-state index contributed by atoms with van der Waals surface area (Å²) in [5.41, 5.74) is 1.16. The van der Waals surface area contributed by atoms with Crippen molar-refractivity contribution in [3.63, 3.8) is 0 Å². The van der Waals surface area contributed by atoms with Crippen LogP contribution in [0, 0.1) is 0 Å². The smallest absolute Gasteiger partial charge is 0.175 e. The van der Waals surface area contributed by atoms with E-state index in [4.69, 9.17) is 14.2 Å². The van der Waals surface area contributed by atoms with Gasteiger partial charge < -0.3 is 19.5 Å². The number of ether oxygens (including phenoxy) is 3. The van der Waals surface area contributed by atoms with Crippen LogP contribution in [-0.2, 0) is 11.3 Å². The van der Waals surface area contributed by atoms with Gasteiger partial charge in [-0.1, -0.05) is 0 Å². The predicted octanol–water partition coefficient (Wildman–Crippen LogP) is 3.37. The minimum atomic E-state index is 0.615. The highest BCUT2D eigenvalue weighted by atomic mass is 79.9. The molecule has 114 valence electrons. The van der Waals surface area contributed by atoms with E-state index in [9.17, 15) is 0 Å². The summed E-state index contributed by atoms with van der Waals surface area (Å²) in [4.78, 5) is 0. The summed E-state index contributed by atoms with van der Waals surface area (Å²) in [6.45, 7) is 7.45. The normalized spacial score (nSPS) is 10.6. The fraction of sp³-hybridized carbons (Fsp3) is 0.600. The summed E-state index contributed by atoms with van der Waals surface area (Å²) in [6, 6.07) is 4.07. The highest BCUT2D eigenvalue weighted by molar-refractivity contribution is 9.10. The summed E-state index contributed by atoms with van der Waals surface area (Å²) in [7, 11) is 1.92. The third-order valence-corrected chi connectivity index (χ3v) is 3.22. The second kappa shape index (κ2) is 10.0. The summed E-state index contributed by atoms with van der Waals surface area (Å²) < 4.78 is 17.7. The number of hydrogen-bond donors (Lipinski definition) is 1.